The van der Waals surface area contributed by atoms with Crippen LogP contribution in [0.3, 0.4) is 0 Å². The summed E-state index contributed by atoms with van der Waals surface area (Å²) in [6.45, 7) is 10.5. The first kappa shape index (κ1) is 14.8. The largest absolute Gasteiger partial charge is 0.388 e. The van der Waals surface area contributed by atoms with Gasteiger partial charge in [-0.2, -0.15) is 0 Å². The molecule has 1 N–H and O–H groups in total. The number of rotatable bonds is 3. The van der Waals surface area contributed by atoms with Crippen molar-refractivity contribution < 1.29 is 5.11 Å². The predicted octanol–water partition coefficient (Wildman–Crippen LogP) is 4.50. The van der Waals surface area contributed by atoms with Crippen LogP contribution >= 0.6 is 0 Å². The maximum absolute atomic E-state index is 10.6. The molecule has 0 aliphatic heterocycles. The summed E-state index contributed by atoms with van der Waals surface area (Å²) in [5, 5.41) is 10.6. The average Bonchev–Trinajstić information content (AvgIpc) is 2.38. The Morgan fingerprint density at radius 1 is 0.800 bits per heavy atom. The summed E-state index contributed by atoms with van der Waals surface area (Å²) in [5.41, 5.74) is 8.52. The van der Waals surface area contributed by atoms with Gasteiger partial charge in [0.25, 0.3) is 0 Å². The van der Waals surface area contributed by atoms with Crippen molar-refractivity contribution in [1.82, 2.24) is 0 Å². The van der Waals surface area contributed by atoms with Crippen LogP contribution < -0.4 is 0 Å². The van der Waals surface area contributed by atoms with Gasteiger partial charge in [-0.15, -0.1) is 0 Å². The third-order valence-electron chi connectivity index (χ3n) is 4.28. The van der Waals surface area contributed by atoms with E-state index in [9.17, 15) is 5.11 Å². The van der Waals surface area contributed by atoms with Gasteiger partial charge in [-0.05, 0) is 73.6 Å². The first-order valence-electron chi connectivity index (χ1n) is 7.21. The van der Waals surface area contributed by atoms with Gasteiger partial charge in [0.2, 0.25) is 0 Å². The molecule has 20 heavy (non-hydrogen) atoms. The first-order valence-corrected chi connectivity index (χ1v) is 7.21. The van der Waals surface area contributed by atoms with Crippen molar-refractivity contribution in [2.45, 2.75) is 47.1 Å². The zero-order chi connectivity index (χ0) is 14.9. The molecular formula is C19H24O. The molecule has 0 spiro atoms. The second-order valence-electron chi connectivity index (χ2n) is 5.88. The first-order chi connectivity index (χ1) is 9.40. The second kappa shape index (κ2) is 5.80. The summed E-state index contributed by atoms with van der Waals surface area (Å²) >= 11 is 0. The smallest absolute Gasteiger partial charge is 0.0833 e. The highest BCUT2D eigenvalue weighted by Crippen LogP contribution is 2.27. The van der Waals surface area contributed by atoms with Crippen molar-refractivity contribution in [3.63, 3.8) is 0 Å². The monoisotopic (exact) mass is 268 g/mol. The van der Waals surface area contributed by atoms with Crippen LogP contribution in [0.25, 0.3) is 0 Å². The van der Waals surface area contributed by atoms with E-state index in [2.05, 4.69) is 65.0 Å². The number of benzene rings is 2. The zero-order valence-corrected chi connectivity index (χ0v) is 13.1. The molecule has 0 radical (unpaired) electrons. The molecule has 0 fully saturated rings. The van der Waals surface area contributed by atoms with Crippen molar-refractivity contribution in [2.24, 2.45) is 0 Å². The van der Waals surface area contributed by atoms with Crippen LogP contribution in [0.4, 0.5) is 0 Å². The van der Waals surface area contributed by atoms with E-state index in [0.29, 0.717) is 6.42 Å². The molecule has 0 aromatic heterocycles. The van der Waals surface area contributed by atoms with Gasteiger partial charge in [0, 0.05) is 6.42 Å². The molecule has 0 heterocycles. The van der Waals surface area contributed by atoms with Gasteiger partial charge >= 0.3 is 0 Å². The molecule has 1 unspecified atom stereocenters. The Kier molecular flexibility index (Phi) is 4.29. The molecule has 2 rings (SSSR count). The minimum absolute atomic E-state index is 0.436. The molecule has 1 nitrogen and oxygen atoms in total. The number of hydrogen-bond acceptors (Lipinski definition) is 1. The Labute approximate surface area is 122 Å². The van der Waals surface area contributed by atoms with E-state index in [1.54, 1.807) is 0 Å². The summed E-state index contributed by atoms with van der Waals surface area (Å²) in [4.78, 5) is 0. The fourth-order valence-corrected chi connectivity index (χ4v) is 2.82. The van der Waals surface area contributed by atoms with Crippen LogP contribution in [0.2, 0.25) is 0 Å². The molecule has 0 amide bonds. The third-order valence-corrected chi connectivity index (χ3v) is 4.28. The Morgan fingerprint density at radius 3 is 1.95 bits per heavy atom. The van der Waals surface area contributed by atoms with E-state index in [1.165, 1.54) is 33.4 Å². The van der Waals surface area contributed by atoms with Gasteiger partial charge in [0.15, 0.2) is 0 Å². The minimum atomic E-state index is -0.436. The van der Waals surface area contributed by atoms with Crippen molar-refractivity contribution in [3.05, 3.63) is 69.3 Å². The molecule has 0 saturated heterocycles. The Hall–Kier alpha value is -1.60. The van der Waals surface area contributed by atoms with Crippen LogP contribution in [-0.4, -0.2) is 5.11 Å². The van der Waals surface area contributed by atoms with Gasteiger partial charge in [0.1, 0.15) is 0 Å². The average molecular weight is 268 g/mol. The highest BCUT2D eigenvalue weighted by molar-refractivity contribution is 5.40. The van der Waals surface area contributed by atoms with Crippen LogP contribution in [0.5, 0.6) is 0 Å². The van der Waals surface area contributed by atoms with Crippen molar-refractivity contribution in [3.8, 4) is 0 Å². The minimum Gasteiger partial charge on any atom is -0.388 e. The summed E-state index contributed by atoms with van der Waals surface area (Å²) in [5.74, 6) is 0. The van der Waals surface area contributed by atoms with Crippen molar-refractivity contribution in [2.75, 3.05) is 0 Å². The van der Waals surface area contributed by atoms with Gasteiger partial charge in [-0.3, -0.25) is 0 Å². The summed E-state index contributed by atoms with van der Waals surface area (Å²) in [6.07, 6.45) is 0.246. The van der Waals surface area contributed by atoms with Crippen LogP contribution in [0, 0.1) is 34.6 Å². The van der Waals surface area contributed by atoms with E-state index < -0.39 is 6.10 Å². The molecular weight excluding hydrogens is 244 g/mol. The number of hydrogen-bond donors (Lipinski definition) is 1. The number of aryl methyl sites for hydroxylation is 5. The highest BCUT2D eigenvalue weighted by atomic mass is 16.3. The standard InChI is InChI=1S/C19H24O/c1-12-7-6-8-13(2)17(12)11-19(20)18-10-15(4)14(3)9-16(18)5/h6-10,19-20H,11H2,1-5H3. The molecule has 0 aliphatic rings. The lowest BCUT2D eigenvalue weighted by molar-refractivity contribution is 0.177. The lowest BCUT2D eigenvalue weighted by atomic mass is 9.91. The normalized spacial score (nSPS) is 12.5. The lowest BCUT2D eigenvalue weighted by Gasteiger charge is -2.18. The van der Waals surface area contributed by atoms with Gasteiger partial charge < -0.3 is 5.11 Å². The fraction of sp³-hybridized carbons (Fsp3) is 0.368. The number of aliphatic hydroxyl groups is 1. The topological polar surface area (TPSA) is 20.2 Å². The van der Waals surface area contributed by atoms with Gasteiger partial charge in [0.05, 0.1) is 6.10 Å². The quantitative estimate of drug-likeness (QED) is 0.868. The predicted molar refractivity (Wildman–Crippen MR) is 85.2 cm³/mol. The highest BCUT2D eigenvalue weighted by Gasteiger charge is 2.14. The third kappa shape index (κ3) is 2.94. The maximum Gasteiger partial charge on any atom is 0.0833 e. The Bertz CT molecular complexity index is 606. The van der Waals surface area contributed by atoms with Crippen LogP contribution in [0.15, 0.2) is 30.3 Å². The fourth-order valence-electron chi connectivity index (χ4n) is 2.82. The van der Waals surface area contributed by atoms with E-state index in [-0.39, 0.29) is 0 Å². The molecule has 0 bridgehead atoms. The van der Waals surface area contributed by atoms with Crippen LogP contribution in [0.1, 0.15) is 45.0 Å². The molecule has 1 atom stereocenters. The van der Waals surface area contributed by atoms with Gasteiger partial charge in [-0.1, -0.05) is 30.3 Å². The molecule has 2 aromatic carbocycles. The molecule has 0 saturated carbocycles. The van der Waals surface area contributed by atoms with Gasteiger partial charge in [-0.25, -0.2) is 0 Å². The Morgan fingerprint density at radius 2 is 1.35 bits per heavy atom. The molecule has 2 aromatic rings. The van der Waals surface area contributed by atoms with E-state index >= 15 is 0 Å². The SMILES string of the molecule is Cc1cc(C)c(C(O)Cc2c(C)cccc2C)cc1C. The zero-order valence-electron chi connectivity index (χ0n) is 13.1. The maximum atomic E-state index is 10.6. The number of aliphatic hydroxyl groups excluding tert-OH is 1. The van der Waals surface area contributed by atoms with Crippen molar-refractivity contribution in [1.29, 1.82) is 0 Å². The Balaban J connectivity index is 2.33. The molecule has 1 heteroatoms. The second-order valence-corrected chi connectivity index (χ2v) is 5.88. The van der Waals surface area contributed by atoms with E-state index in [1.807, 2.05) is 0 Å². The summed E-state index contributed by atoms with van der Waals surface area (Å²) in [6, 6.07) is 10.6. The van der Waals surface area contributed by atoms with E-state index in [0.717, 1.165) is 5.56 Å². The molecule has 0 aliphatic carbocycles. The van der Waals surface area contributed by atoms with E-state index in [4.69, 9.17) is 0 Å². The van der Waals surface area contributed by atoms with Crippen LogP contribution in [-0.2, 0) is 6.42 Å². The molecule has 106 valence electrons. The summed E-state index contributed by atoms with van der Waals surface area (Å²) < 4.78 is 0. The lowest BCUT2D eigenvalue weighted by Crippen LogP contribution is -2.07. The van der Waals surface area contributed by atoms with Crippen molar-refractivity contribution >= 4 is 0 Å². The summed E-state index contributed by atoms with van der Waals surface area (Å²) in [7, 11) is 0.